The standard InChI is InChI=1S/C11H9N5OS/c17-11-15-14-7-16(11)6-9-1-2-10(18-9)8-3-4-12-13-5-8/h1-5,7H,6H2,(H,15,17). The second-order valence-corrected chi connectivity index (χ2v) is 4.85. The summed E-state index contributed by atoms with van der Waals surface area (Å²) in [5.41, 5.74) is 0.830. The van der Waals surface area contributed by atoms with Crippen LogP contribution >= 0.6 is 11.3 Å². The lowest BCUT2D eigenvalue weighted by atomic mass is 10.2. The maximum absolute atomic E-state index is 11.3. The van der Waals surface area contributed by atoms with Crippen LogP contribution in [-0.4, -0.2) is 25.0 Å². The van der Waals surface area contributed by atoms with Crippen LogP contribution in [0.4, 0.5) is 0 Å². The fraction of sp³-hybridized carbons (Fsp3) is 0.0909. The van der Waals surface area contributed by atoms with E-state index >= 15 is 0 Å². The van der Waals surface area contributed by atoms with Crippen molar-refractivity contribution in [2.45, 2.75) is 6.54 Å². The number of nitrogens with one attached hydrogen (secondary N) is 1. The van der Waals surface area contributed by atoms with Gasteiger partial charge in [-0.3, -0.25) is 4.57 Å². The number of hydrogen-bond acceptors (Lipinski definition) is 5. The molecule has 0 saturated carbocycles. The molecule has 0 bridgehead atoms. The number of nitrogens with zero attached hydrogens (tertiary/aromatic N) is 4. The van der Waals surface area contributed by atoms with Crippen LogP contribution in [0.15, 0.2) is 41.7 Å². The third-order valence-corrected chi connectivity index (χ3v) is 3.59. The van der Waals surface area contributed by atoms with Crippen molar-refractivity contribution >= 4 is 11.3 Å². The monoisotopic (exact) mass is 259 g/mol. The van der Waals surface area contributed by atoms with Gasteiger partial charge in [-0.25, -0.2) is 9.89 Å². The molecule has 6 nitrogen and oxygen atoms in total. The third-order valence-electron chi connectivity index (χ3n) is 2.47. The average molecular weight is 259 g/mol. The maximum Gasteiger partial charge on any atom is 0.343 e. The highest BCUT2D eigenvalue weighted by Crippen LogP contribution is 2.27. The Bertz CT molecular complexity index is 699. The molecule has 0 aliphatic rings. The zero-order valence-electron chi connectivity index (χ0n) is 9.28. The van der Waals surface area contributed by atoms with Gasteiger partial charge in [-0.1, -0.05) is 0 Å². The van der Waals surface area contributed by atoms with Crippen LogP contribution in [0.1, 0.15) is 4.88 Å². The SMILES string of the molecule is O=c1[nH]ncn1Cc1ccc(-c2ccnnc2)s1. The summed E-state index contributed by atoms with van der Waals surface area (Å²) in [4.78, 5) is 13.5. The Kier molecular flexibility index (Phi) is 2.73. The summed E-state index contributed by atoms with van der Waals surface area (Å²) in [5, 5.41) is 13.7. The molecule has 0 saturated heterocycles. The molecule has 0 radical (unpaired) electrons. The van der Waals surface area contributed by atoms with Crippen LogP contribution in [0, 0.1) is 0 Å². The third kappa shape index (κ3) is 2.07. The molecular formula is C11H9N5OS. The molecular weight excluding hydrogens is 250 g/mol. The van der Waals surface area contributed by atoms with Gasteiger partial charge in [0.25, 0.3) is 0 Å². The van der Waals surface area contributed by atoms with Gasteiger partial charge < -0.3 is 0 Å². The van der Waals surface area contributed by atoms with Crippen molar-refractivity contribution in [3.8, 4) is 10.4 Å². The highest BCUT2D eigenvalue weighted by atomic mass is 32.1. The van der Waals surface area contributed by atoms with Crippen molar-refractivity contribution in [1.29, 1.82) is 0 Å². The molecule has 0 atom stereocenters. The Morgan fingerprint density at radius 1 is 1.28 bits per heavy atom. The molecule has 0 aliphatic heterocycles. The van der Waals surface area contributed by atoms with Gasteiger partial charge in [-0.15, -0.1) is 11.3 Å². The van der Waals surface area contributed by atoms with Gasteiger partial charge in [0.2, 0.25) is 0 Å². The smallest absolute Gasteiger partial charge is 0.276 e. The Labute approximate surface area is 106 Å². The van der Waals surface area contributed by atoms with E-state index in [0.29, 0.717) is 6.54 Å². The number of hydrogen-bond donors (Lipinski definition) is 1. The van der Waals surface area contributed by atoms with Crippen molar-refractivity contribution in [2.24, 2.45) is 0 Å². The Hall–Kier alpha value is -2.28. The van der Waals surface area contributed by atoms with Crippen molar-refractivity contribution in [2.75, 3.05) is 0 Å². The number of aromatic amines is 1. The second kappa shape index (κ2) is 4.53. The number of thiophene rings is 1. The quantitative estimate of drug-likeness (QED) is 0.765. The number of H-pyrrole nitrogens is 1. The van der Waals surface area contributed by atoms with Crippen LogP contribution in [0.3, 0.4) is 0 Å². The topological polar surface area (TPSA) is 76.5 Å². The first kappa shape index (κ1) is 10.8. The lowest BCUT2D eigenvalue weighted by Crippen LogP contribution is -2.16. The minimum atomic E-state index is -0.199. The lowest BCUT2D eigenvalue weighted by molar-refractivity contribution is 0.772. The van der Waals surface area contributed by atoms with E-state index in [0.717, 1.165) is 15.3 Å². The van der Waals surface area contributed by atoms with Crippen LogP contribution in [-0.2, 0) is 6.54 Å². The maximum atomic E-state index is 11.3. The van der Waals surface area contributed by atoms with Crippen molar-refractivity contribution in [3.05, 3.63) is 52.3 Å². The highest BCUT2D eigenvalue weighted by molar-refractivity contribution is 7.15. The summed E-state index contributed by atoms with van der Waals surface area (Å²) in [7, 11) is 0. The Morgan fingerprint density at radius 2 is 2.22 bits per heavy atom. The molecule has 0 aromatic carbocycles. The van der Waals surface area contributed by atoms with Gasteiger partial charge in [0.15, 0.2) is 0 Å². The lowest BCUT2D eigenvalue weighted by Gasteiger charge is -1.96. The fourth-order valence-corrected chi connectivity index (χ4v) is 2.60. The summed E-state index contributed by atoms with van der Waals surface area (Å²) in [5.74, 6) is 0. The first-order chi connectivity index (χ1) is 8.83. The zero-order chi connectivity index (χ0) is 12.4. The van der Waals surface area contributed by atoms with Crippen LogP contribution in [0.2, 0.25) is 0 Å². The molecule has 3 aromatic heterocycles. The molecule has 0 aliphatic carbocycles. The van der Waals surface area contributed by atoms with Crippen molar-refractivity contribution in [1.82, 2.24) is 25.0 Å². The molecule has 0 spiro atoms. The van der Waals surface area contributed by atoms with E-state index in [1.54, 1.807) is 23.7 Å². The second-order valence-electron chi connectivity index (χ2n) is 3.69. The molecule has 3 aromatic rings. The van der Waals surface area contributed by atoms with Crippen LogP contribution < -0.4 is 5.69 Å². The minimum Gasteiger partial charge on any atom is -0.276 e. The largest absolute Gasteiger partial charge is 0.343 e. The van der Waals surface area contributed by atoms with Gasteiger partial charge in [0.1, 0.15) is 6.33 Å². The summed E-state index contributed by atoms with van der Waals surface area (Å²) in [6.45, 7) is 0.526. The van der Waals surface area contributed by atoms with E-state index < -0.39 is 0 Å². The minimum absolute atomic E-state index is 0.199. The molecule has 3 heterocycles. The van der Waals surface area contributed by atoms with Gasteiger partial charge in [0, 0.05) is 15.3 Å². The first-order valence-corrected chi connectivity index (χ1v) is 6.10. The predicted octanol–water partition coefficient (Wildman–Crippen LogP) is 1.14. The highest BCUT2D eigenvalue weighted by Gasteiger charge is 2.05. The van der Waals surface area contributed by atoms with E-state index in [9.17, 15) is 4.79 Å². The van der Waals surface area contributed by atoms with Crippen LogP contribution in [0.25, 0.3) is 10.4 Å². The fourth-order valence-electron chi connectivity index (χ4n) is 1.61. The molecule has 18 heavy (non-hydrogen) atoms. The number of aromatic nitrogens is 5. The van der Waals surface area contributed by atoms with Gasteiger partial charge >= 0.3 is 5.69 Å². The average Bonchev–Trinajstić information content (AvgIpc) is 3.02. The van der Waals surface area contributed by atoms with Gasteiger partial charge in [0.05, 0.1) is 18.9 Å². The summed E-state index contributed by atoms with van der Waals surface area (Å²) in [6.07, 6.45) is 4.88. The Balaban J connectivity index is 1.87. The molecule has 7 heteroatoms. The van der Waals surface area contributed by atoms with E-state index in [4.69, 9.17) is 0 Å². The number of rotatable bonds is 3. The van der Waals surface area contributed by atoms with E-state index in [1.807, 2.05) is 18.2 Å². The molecule has 3 rings (SSSR count). The molecule has 0 unspecified atom stereocenters. The zero-order valence-corrected chi connectivity index (χ0v) is 10.1. The molecule has 90 valence electrons. The van der Waals surface area contributed by atoms with Crippen molar-refractivity contribution in [3.63, 3.8) is 0 Å². The summed E-state index contributed by atoms with van der Waals surface area (Å²) >= 11 is 1.62. The normalized spacial score (nSPS) is 10.7. The van der Waals surface area contributed by atoms with E-state index in [1.165, 1.54) is 10.9 Å². The summed E-state index contributed by atoms with van der Waals surface area (Å²) < 4.78 is 1.53. The van der Waals surface area contributed by atoms with E-state index in [-0.39, 0.29) is 5.69 Å². The van der Waals surface area contributed by atoms with Crippen LogP contribution in [0.5, 0.6) is 0 Å². The Morgan fingerprint density at radius 3 is 2.94 bits per heavy atom. The van der Waals surface area contributed by atoms with Gasteiger partial charge in [-0.2, -0.15) is 15.3 Å². The summed E-state index contributed by atoms with van der Waals surface area (Å²) in [6, 6.07) is 5.93. The van der Waals surface area contributed by atoms with Gasteiger partial charge in [-0.05, 0) is 18.2 Å². The first-order valence-electron chi connectivity index (χ1n) is 5.28. The molecule has 1 N–H and O–H groups in total. The molecule has 0 fully saturated rings. The van der Waals surface area contributed by atoms with Crippen molar-refractivity contribution < 1.29 is 0 Å². The predicted molar refractivity (Wildman–Crippen MR) is 67.3 cm³/mol. The molecule has 0 amide bonds. The van der Waals surface area contributed by atoms with E-state index in [2.05, 4.69) is 20.4 Å².